The summed E-state index contributed by atoms with van der Waals surface area (Å²) in [6.07, 6.45) is 8.18. The average molecular weight is 399 g/mol. The molecule has 0 unspecified atom stereocenters. The van der Waals surface area contributed by atoms with Crippen molar-refractivity contribution in [2.24, 2.45) is 4.99 Å². The number of aliphatic hydroxyl groups is 1. The van der Waals surface area contributed by atoms with E-state index in [4.69, 9.17) is 9.84 Å². The lowest BCUT2D eigenvalue weighted by atomic mass is 10.1. The van der Waals surface area contributed by atoms with Crippen molar-refractivity contribution in [3.63, 3.8) is 0 Å². The van der Waals surface area contributed by atoms with Gasteiger partial charge in [-0.05, 0) is 19.8 Å². The molecule has 0 bridgehead atoms. The van der Waals surface area contributed by atoms with Crippen LogP contribution in [0.15, 0.2) is 4.99 Å². The molecule has 0 heterocycles. The molecule has 3 N–H and O–H groups in total. The Morgan fingerprint density at radius 1 is 1.20 bits per heavy atom. The Kier molecular flexibility index (Phi) is 13.8. The lowest BCUT2D eigenvalue weighted by Crippen LogP contribution is -2.39. The third-order valence-electron chi connectivity index (χ3n) is 3.26. The maximum Gasteiger partial charge on any atom is 0.191 e. The van der Waals surface area contributed by atoms with E-state index in [1.54, 1.807) is 0 Å². The number of rotatable bonds is 7. The molecule has 0 atom stereocenters. The predicted octanol–water partition coefficient (Wildman–Crippen LogP) is 1.89. The van der Waals surface area contributed by atoms with Crippen LogP contribution in [-0.2, 0) is 4.74 Å². The molecule has 0 radical (unpaired) electrons. The number of guanidine groups is 1. The van der Waals surface area contributed by atoms with E-state index in [0.29, 0.717) is 19.3 Å². The Labute approximate surface area is 140 Å². The molecule has 5 nitrogen and oxygen atoms in total. The number of hydrogen-bond acceptors (Lipinski definition) is 3. The van der Waals surface area contributed by atoms with Crippen LogP contribution in [0.2, 0.25) is 0 Å². The summed E-state index contributed by atoms with van der Waals surface area (Å²) in [4.78, 5) is 4.22. The van der Waals surface area contributed by atoms with Crippen molar-refractivity contribution in [1.29, 1.82) is 0 Å². The zero-order chi connectivity index (χ0) is 13.8. The topological polar surface area (TPSA) is 65.9 Å². The smallest absolute Gasteiger partial charge is 0.191 e. The summed E-state index contributed by atoms with van der Waals surface area (Å²) in [5.74, 6) is 0.751. The van der Waals surface area contributed by atoms with Gasteiger partial charge in [-0.3, -0.25) is 4.99 Å². The number of ether oxygens (including phenoxy) is 1. The summed E-state index contributed by atoms with van der Waals surface area (Å²) in [6, 6.07) is 0. The van der Waals surface area contributed by atoms with E-state index in [1.165, 1.54) is 38.5 Å². The first kappa shape index (κ1) is 19.9. The van der Waals surface area contributed by atoms with Crippen LogP contribution < -0.4 is 10.6 Å². The Morgan fingerprint density at radius 3 is 2.50 bits per heavy atom. The second-order valence-corrected chi connectivity index (χ2v) is 4.90. The average Bonchev–Trinajstić information content (AvgIpc) is 2.69. The largest absolute Gasteiger partial charge is 0.394 e. The molecule has 1 rings (SSSR count). The molecule has 0 aromatic rings. The molecule has 0 amide bonds. The van der Waals surface area contributed by atoms with Gasteiger partial charge < -0.3 is 20.5 Å². The second-order valence-electron chi connectivity index (χ2n) is 4.90. The Hall–Kier alpha value is -0.0800. The zero-order valence-electron chi connectivity index (χ0n) is 12.6. The fraction of sp³-hybridized carbons (Fsp3) is 0.929. The van der Waals surface area contributed by atoms with Crippen LogP contribution in [0.1, 0.15) is 45.4 Å². The molecular weight excluding hydrogens is 369 g/mol. The van der Waals surface area contributed by atoms with Crippen LogP contribution >= 0.6 is 24.0 Å². The van der Waals surface area contributed by atoms with Gasteiger partial charge in [0, 0.05) is 13.1 Å². The molecule has 0 spiro atoms. The Morgan fingerprint density at radius 2 is 1.90 bits per heavy atom. The molecular formula is C14H30IN3O2. The molecule has 0 saturated heterocycles. The fourth-order valence-corrected chi connectivity index (χ4v) is 2.31. The molecule has 1 aliphatic rings. The van der Waals surface area contributed by atoms with E-state index < -0.39 is 0 Å². The van der Waals surface area contributed by atoms with Crippen molar-refractivity contribution < 1.29 is 9.84 Å². The SMILES string of the molecule is CCNC(=NCCO)NCCOC1CCCCCC1.I. The molecule has 1 aliphatic carbocycles. The van der Waals surface area contributed by atoms with Crippen molar-refractivity contribution >= 4 is 29.9 Å². The lowest BCUT2D eigenvalue weighted by Gasteiger charge is -2.16. The van der Waals surface area contributed by atoms with E-state index in [9.17, 15) is 0 Å². The summed E-state index contributed by atoms with van der Waals surface area (Å²) in [7, 11) is 0. The predicted molar refractivity (Wildman–Crippen MR) is 93.9 cm³/mol. The number of nitrogens with zero attached hydrogens (tertiary/aromatic N) is 1. The van der Waals surface area contributed by atoms with Gasteiger partial charge in [0.2, 0.25) is 0 Å². The van der Waals surface area contributed by atoms with Crippen molar-refractivity contribution in [1.82, 2.24) is 10.6 Å². The van der Waals surface area contributed by atoms with Gasteiger partial charge in [-0.25, -0.2) is 0 Å². The second kappa shape index (κ2) is 13.9. The highest BCUT2D eigenvalue weighted by Crippen LogP contribution is 2.19. The fourth-order valence-electron chi connectivity index (χ4n) is 2.31. The molecule has 6 heteroatoms. The van der Waals surface area contributed by atoms with E-state index >= 15 is 0 Å². The minimum absolute atomic E-state index is 0. The van der Waals surface area contributed by atoms with Gasteiger partial charge in [0.15, 0.2) is 5.96 Å². The number of hydrogen-bond donors (Lipinski definition) is 3. The summed E-state index contributed by atoms with van der Waals surface area (Å²) < 4.78 is 5.90. The maximum absolute atomic E-state index is 8.76. The molecule has 0 aliphatic heterocycles. The highest BCUT2D eigenvalue weighted by atomic mass is 127. The number of aliphatic hydroxyl groups excluding tert-OH is 1. The summed E-state index contributed by atoms with van der Waals surface area (Å²) in [5.41, 5.74) is 0. The van der Waals surface area contributed by atoms with Crippen LogP contribution in [0.25, 0.3) is 0 Å². The zero-order valence-corrected chi connectivity index (χ0v) is 14.9. The van der Waals surface area contributed by atoms with E-state index in [0.717, 1.165) is 19.0 Å². The van der Waals surface area contributed by atoms with E-state index in [-0.39, 0.29) is 30.6 Å². The van der Waals surface area contributed by atoms with Crippen LogP contribution in [0.4, 0.5) is 0 Å². The molecule has 120 valence electrons. The highest BCUT2D eigenvalue weighted by Gasteiger charge is 2.11. The maximum atomic E-state index is 8.76. The Balaban J connectivity index is 0.00000361. The van der Waals surface area contributed by atoms with Gasteiger partial charge >= 0.3 is 0 Å². The minimum Gasteiger partial charge on any atom is -0.394 e. The van der Waals surface area contributed by atoms with Crippen LogP contribution in [0.5, 0.6) is 0 Å². The summed E-state index contributed by atoms with van der Waals surface area (Å²) in [5, 5.41) is 15.1. The first-order chi connectivity index (χ1) is 9.36. The summed E-state index contributed by atoms with van der Waals surface area (Å²) >= 11 is 0. The summed E-state index contributed by atoms with van der Waals surface area (Å²) in [6.45, 7) is 4.83. The highest BCUT2D eigenvalue weighted by molar-refractivity contribution is 14.0. The van der Waals surface area contributed by atoms with Gasteiger partial charge in [0.25, 0.3) is 0 Å². The monoisotopic (exact) mass is 399 g/mol. The van der Waals surface area contributed by atoms with Crippen molar-refractivity contribution in [2.75, 3.05) is 32.8 Å². The van der Waals surface area contributed by atoms with Gasteiger partial charge in [-0.2, -0.15) is 0 Å². The number of halogens is 1. The third-order valence-corrected chi connectivity index (χ3v) is 3.26. The standard InChI is InChI=1S/C14H29N3O2.HI/c1-2-15-14(16-9-11-18)17-10-12-19-13-7-5-3-4-6-8-13;/h13,18H,2-12H2,1H3,(H2,15,16,17);1H. The first-order valence-corrected chi connectivity index (χ1v) is 7.61. The van der Waals surface area contributed by atoms with E-state index in [2.05, 4.69) is 15.6 Å². The Bertz CT molecular complexity index is 245. The minimum atomic E-state index is 0. The van der Waals surface area contributed by atoms with E-state index in [1.807, 2.05) is 6.92 Å². The van der Waals surface area contributed by atoms with Crippen molar-refractivity contribution in [3.05, 3.63) is 0 Å². The van der Waals surface area contributed by atoms with Crippen molar-refractivity contribution in [3.8, 4) is 0 Å². The molecule has 0 aromatic carbocycles. The van der Waals surface area contributed by atoms with Crippen LogP contribution in [0.3, 0.4) is 0 Å². The lowest BCUT2D eigenvalue weighted by molar-refractivity contribution is 0.0468. The quantitative estimate of drug-likeness (QED) is 0.201. The molecule has 1 fully saturated rings. The van der Waals surface area contributed by atoms with Crippen molar-refractivity contribution in [2.45, 2.75) is 51.6 Å². The van der Waals surface area contributed by atoms with Gasteiger partial charge in [-0.15, -0.1) is 24.0 Å². The first-order valence-electron chi connectivity index (χ1n) is 7.61. The molecule has 0 aromatic heterocycles. The van der Waals surface area contributed by atoms with Crippen LogP contribution in [-0.4, -0.2) is 50.0 Å². The normalized spacial score (nSPS) is 17.2. The number of aliphatic imine (C=N–C) groups is 1. The third kappa shape index (κ3) is 9.77. The number of nitrogens with one attached hydrogen (secondary N) is 2. The molecule has 1 saturated carbocycles. The van der Waals surface area contributed by atoms with Crippen LogP contribution in [0, 0.1) is 0 Å². The van der Waals surface area contributed by atoms with Gasteiger partial charge in [0.05, 0.1) is 25.9 Å². The van der Waals surface area contributed by atoms with Gasteiger partial charge in [-0.1, -0.05) is 25.7 Å². The van der Waals surface area contributed by atoms with Gasteiger partial charge in [0.1, 0.15) is 0 Å². The molecule has 20 heavy (non-hydrogen) atoms.